The van der Waals surface area contributed by atoms with E-state index in [0.717, 1.165) is 22.7 Å². The fourth-order valence-electron chi connectivity index (χ4n) is 2.34. The number of benzene rings is 2. The van der Waals surface area contributed by atoms with Crippen LogP contribution in [0.3, 0.4) is 0 Å². The zero-order chi connectivity index (χ0) is 19.1. The van der Waals surface area contributed by atoms with Gasteiger partial charge in [-0.3, -0.25) is 0 Å². The number of nitrogens with zero attached hydrogens (tertiary/aromatic N) is 2. The van der Waals surface area contributed by atoms with E-state index in [0.29, 0.717) is 30.0 Å². The lowest BCUT2D eigenvalue weighted by Crippen LogP contribution is -2.28. The van der Waals surface area contributed by atoms with E-state index in [4.69, 9.17) is 26.2 Å². The first-order valence-corrected chi connectivity index (χ1v) is 8.83. The molecule has 0 radical (unpaired) electrons. The van der Waals surface area contributed by atoms with Crippen LogP contribution in [0, 0.1) is 0 Å². The monoisotopic (exact) mass is 384 g/mol. The first-order valence-electron chi connectivity index (χ1n) is 8.42. The van der Waals surface area contributed by atoms with E-state index in [1.165, 1.54) is 0 Å². The molecule has 0 saturated heterocycles. The van der Waals surface area contributed by atoms with Crippen LogP contribution in [0.1, 0.15) is 12.8 Å². The maximum Gasteiger partial charge on any atom is 0.246 e. The van der Waals surface area contributed by atoms with Crippen molar-refractivity contribution in [2.45, 2.75) is 13.5 Å². The predicted octanol–water partition coefficient (Wildman–Crippen LogP) is 3.63. The molecule has 0 aliphatic rings. The molecular formula is C19H20N4O3S. The lowest BCUT2D eigenvalue weighted by molar-refractivity contribution is 0.340. The highest BCUT2D eigenvalue weighted by molar-refractivity contribution is 7.80. The second-order valence-corrected chi connectivity index (χ2v) is 5.92. The van der Waals surface area contributed by atoms with Crippen LogP contribution >= 0.6 is 12.2 Å². The van der Waals surface area contributed by atoms with Crippen molar-refractivity contribution in [1.82, 2.24) is 15.5 Å². The number of anilines is 1. The summed E-state index contributed by atoms with van der Waals surface area (Å²) >= 11 is 5.29. The molecule has 140 valence electrons. The number of rotatable bonds is 7. The standard InChI is InChI=1S/C19H20N4O3S/c1-3-25-15-9-7-13(8-10-15)18-22-17(26-23-18)12-20-19(27)21-14-5-4-6-16(11-14)24-2/h4-11H,3,12H2,1-2H3,(H2,20,21,27). The molecule has 3 aromatic rings. The number of ether oxygens (including phenoxy) is 2. The molecule has 1 aromatic heterocycles. The zero-order valence-corrected chi connectivity index (χ0v) is 15.9. The molecule has 1 heterocycles. The Kier molecular flexibility index (Phi) is 6.22. The van der Waals surface area contributed by atoms with Crippen LogP contribution in [0.5, 0.6) is 11.5 Å². The van der Waals surface area contributed by atoms with E-state index in [2.05, 4.69) is 20.8 Å². The Morgan fingerprint density at radius 2 is 1.96 bits per heavy atom. The number of hydrogen-bond donors (Lipinski definition) is 2. The maximum absolute atomic E-state index is 5.43. The fourth-order valence-corrected chi connectivity index (χ4v) is 2.53. The smallest absolute Gasteiger partial charge is 0.246 e. The van der Waals surface area contributed by atoms with Gasteiger partial charge in [0.15, 0.2) is 5.11 Å². The largest absolute Gasteiger partial charge is 0.497 e. The molecule has 0 aliphatic carbocycles. The van der Waals surface area contributed by atoms with Gasteiger partial charge in [0.25, 0.3) is 0 Å². The van der Waals surface area contributed by atoms with E-state index in [1.54, 1.807) is 7.11 Å². The van der Waals surface area contributed by atoms with Crippen LogP contribution in [0.4, 0.5) is 5.69 Å². The Bertz CT molecular complexity index is 896. The lowest BCUT2D eigenvalue weighted by Gasteiger charge is -2.09. The van der Waals surface area contributed by atoms with E-state index in [1.807, 2.05) is 55.5 Å². The van der Waals surface area contributed by atoms with Crippen molar-refractivity contribution >= 4 is 23.0 Å². The van der Waals surface area contributed by atoms with Crippen molar-refractivity contribution in [3.05, 3.63) is 54.4 Å². The average Bonchev–Trinajstić information content (AvgIpc) is 3.16. The summed E-state index contributed by atoms with van der Waals surface area (Å²) in [5, 5.41) is 10.6. The van der Waals surface area contributed by atoms with Crippen molar-refractivity contribution < 1.29 is 14.0 Å². The molecule has 0 unspecified atom stereocenters. The minimum absolute atomic E-state index is 0.319. The number of hydrogen-bond acceptors (Lipinski definition) is 6. The van der Waals surface area contributed by atoms with Crippen molar-refractivity contribution in [1.29, 1.82) is 0 Å². The quantitative estimate of drug-likeness (QED) is 0.598. The summed E-state index contributed by atoms with van der Waals surface area (Å²) in [6, 6.07) is 15.0. The van der Waals surface area contributed by atoms with Gasteiger partial charge in [-0.1, -0.05) is 11.2 Å². The minimum atomic E-state index is 0.319. The zero-order valence-electron chi connectivity index (χ0n) is 15.1. The van der Waals surface area contributed by atoms with Crippen LogP contribution in [-0.4, -0.2) is 29.0 Å². The summed E-state index contributed by atoms with van der Waals surface area (Å²) in [6.07, 6.45) is 0. The summed E-state index contributed by atoms with van der Waals surface area (Å²) in [5.74, 6) is 2.51. The van der Waals surface area contributed by atoms with Gasteiger partial charge in [0.1, 0.15) is 11.5 Å². The third kappa shape index (κ3) is 5.18. The van der Waals surface area contributed by atoms with Gasteiger partial charge in [0.05, 0.1) is 20.3 Å². The molecule has 0 spiro atoms. The summed E-state index contributed by atoms with van der Waals surface area (Å²) < 4.78 is 15.9. The summed E-state index contributed by atoms with van der Waals surface area (Å²) in [6.45, 7) is 2.89. The van der Waals surface area contributed by atoms with E-state index >= 15 is 0 Å². The van der Waals surface area contributed by atoms with E-state index in [-0.39, 0.29) is 0 Å². The van der Waals surface area contributed by atoms with Gasteiger partial charge in [0.2, 0.25) is 11.7 Å². The molecule has 0 atom stereocenters. The Morgan fingerprint density at radius 1 is 1.15 bits per heavy atom. The summed E-state index contributed by atoms with van der Waals surface area (Å²) in [5.41, 5.74) is 1.68. The number of nitrogens with one attached hydrogen (secondary N) is 2. The van der Waals surface area contributed by atoms with Gasteiger partial charge in [0, 0.05) is 17.3 Å². The lowest BCUT2D eigenvalue weighted by atomic mass is 10.2. The Morgan fingerprint density at radius 3 is 2.70 bits per heavy atom. The maximum atomic E-state index is 5.43. The number of methoxy groups -OCH3 is 1. The van der Waals surface area contributed by atoms with Crippen LogP contribution < -0.4 is 20.1 Å². The van der Waals surface area contributed by atoms with Crippen LogP contribution in [-0.2, 0) is 6.54 Å². The Labute approximate surface area is 162 Å². The molecule has 2 N–H and O–H groups in total. The highest BCUT2D eigenvalue weighted by Crippen LogP contribution is 2.20. The van der Waals surface area contributed by atoms with Gasteiger partial charge < -0.3 is 24.6 Å². The highest BCUT2D eigenvalue weighted by Gasteiger charge is 2.09. The highest BCUT2D eigenvalue weighted by atomic mass is 32.1. The first-order chi connectivity index (χ1) is 13.2. The SMILES string of the molecule is CCOc1ccc(-c2noc(CNC(=S)Nc3cccc(OC)c3)n2)cc1. The molecule has 0 aliphatic heterocycles. The van der Waals surface area contributed by atoms with Crippen LogP contribution in [0.2, 0.25) is 0 Å². The third-order valence-electron chi connectivity index (χ3n) is 3.62. The molecule has 27 heavy (non-hydrogen) atoms. The number of thiocarbonyl (C=S) groups is 1. The van der Waals surface area contributed by atoms with E-state index < -0.39 is 0 Å². The van der Waals surface area contributed by atoms with Crippen LogP contribution in [0.25, 0.3) is 11.4 Å². The molecular weight excluding hydrogens is 364 g/mol. The van der Waals surface area contributed by atoms with Gasteiger partial charge in [-0.15, -0.1) is 0 Å². The predicted molar refractivity (Wildman–Crippen MR) is 107 cm³/mol. The Hall–Kier alpha value is -3.13. The van der Waals surface area contributed by atoms with Crippen molar-refractivity contribution in [2.75, 3.05) is 19.0 Å². The molecule has 7 nitrogen and oxygen atoms in total. The topological polar surface area (TPSA) is 81.4 Å². The molecule has 8 heteroatoms. The van der Waals surface area contributed by atoms with Gasteiger partial charge >= 0.3 is 0 Å². The number of aromatic nitrogens is 2. The van der Waals surface area contributed by atoms with Crippen molar-refractivity contribution in [2.24, 2.45) is 0 Å². The second kappa shape index (κ2) is 9.00. The van der Waals surface area contributed by atoms with Crippen molar-refractivity contribution in [3.8, 4) is 22.9 Å². The summed E-state index contributed by atoms with van der Waals surface area (Å²) in [7, 11) is 1.62. The normalized spacial score (nSPS) is 10.3. The second-order valence-electron chi connectivity index (χ2n) is 5.51. The average molecular weight is 384 g/mol. The third-order valence-corrected chi connectivity index (χ3v) is 3.87. The van der Waals surface area contributed by atoms with Gasteiger partial charge in [-0.05, 0) is 55.5 Å². The first kappa shape index (κ1) is 18.7. The van der Waals surface area contributed by atoms with Crippen molar-refractivity contribution in [3.63, 3.8) is 0 Å². The molecule has 0 saturated carbocycles. The minimum Gasteiger partial charge on any atom is -0.497 e. The Balaban J connectivity index is 1.55. The van der Waals surface area contributed by atoms with Gasteiger partial charge in [-0.2, -0.15) is 4.98 Å². The molecule has 2 aromatic carbocycles. The molecule has 0 fully saturated rings. The molecule has 3 rings (SSSR count). The summed E-state index contributed by atoms with van der Waals surface area (Å²) in [4.78, 5) is 4.37. The fraction of sp³-hybridized carbons (Fsp3) is 0.211. The molecule has 0 bridgehead atoms. The van der Waals surface area contributed by atoms with Gasteiger partial charge in [-0.25, -0.2) is 0 Å². The molecule has 0 amide bonds. The van der Waals surface area contributed by atoms with E-state index in [9.17, 15) is 0 Å². The van der Waals surface area contributed by atoms with Crippen LogP contribution in [0.15, 0.2) is 53.1 Å².